The van der Waals surface area contributed by atoms with Crippen LogP contribution in [0.15, 0.2) is 41.3 Å². The summed E-state index contributed by atoms with van der Waals surface area (Å²) >= 11 is 0. The Morgan fingerprint density at radius 1 is 1.38 bits per heavy atom. The number of aromatic nitrogens is 3. The number of carboxylic acid groups (broad SMARTS) is 1. The number of carbonyl (C=O) groups is 1. The maximum atomic E-state index is 13.2. The summed E-state index contributed by atoms with van der Waals surface area (Å²) in [6.07, 6.45) is 1.48. The van der Waals surface area contributed by atoms with Crippen molar-refractivity contribution >= 4 is 11.6 Å². The van der Waals surface area contributed by atoms with Crippen molar-refractivity contribution in [1.29, 1.82) is 0 Å². The van der Waals surface area contributed by atoms with Crippen molar-refractivity contribution in [3.63, 3.8) is 0 Å². The van der Waals surface area contributed by atoms with Gasteiger partial charge in [0.15, 0.2) is 11.3 Å². The van der Waals surface area contributed by atoms with Crippen molar-refractivity contribution in [3.05, 3.63) is 69.5 Å². The number of aromatic amines is 1. The number of carboxylic acids is 1. The Morgan fingerprint density at radius 3 is 2.90 bits per heavy atom. The smallest absolute Gasteiger partial charge is 0.355 e. The van der Waals surface area contributed by atoms with Crippen LogP contribution in [-0.2, 0) is 6.42 Å². The molecule has 2 heterocycles. The first-order chi connectivity index (χ1) is 10.1. The molecule has 6 nitrogen and oxygen atoms in total. The second-order valence-electron chi connectivity index (χ2n) is 4.51. The molecule has 0 bridgehead atoms. The third-order valence-electron chi connectivity index (χ3n) is 3.11. The Labute approximate surface area is 117 Å². The number of H-pyrrole nitrogens is 1. The molecule has 0 aliphatic heterocycles. The van der Waals surface area contributed by atoms with Gasteiger partial charge in [-0.15, -0.1) is 0 Å². The lowest BCUT2D eigenvalue weighted by Gasteiger charge is -2.06. The molecule has 21 heavy (non-hydrogen) atoms. The van der Waals surface area contributed by atoms with Gasteiger partial charge in [0, 0.05) is 18.7 Å². The summed E-state index contributed by atoms with van der Waals surface area (Å²) in [5.41, 5.74) is -0.0909. The molecule has 7 heteroatoms. The molecule has 0 saturated carbocycles. The van der Waals surface area contributed by atoms with E-state index in [1.165, 1.54) is 30.5 Å². The Morgan fingerprint density at radius 2 is 2.19 bits per heavy atom. The highest BCUT2D eigenvalue weighted by Crippen LogP contribution is 2.12. The minimum absolute atomic E-state index is 0.00676. The number of nitrogens with zero attached hydrogens (tertiary/aromatic N) is 2. The van der Waals surface area contributed by atoms with Crippen LogP contribution in [0.25, 0.3) is 5.65 Å². The molecule has 0 aliphatic rings. The quantitative estimate of drug-likeness (QED) is 0.763. The molecule has 0 radical (unpaired) electrons. The topological polar surface area (TPSA) is 87.5 Å². The molecule has 0 aliphatic carbocycles. The highest BCUT2D eigenvalue weighted by atomic mass is 19.1. The van der Waals surface area contributed by atoms with Crippen molar-refractivity contribution in [2.75, 3.05) is 0 Å². The standard InChI is InChI=1S/C14H10FN3O3/c15-9-3-1-2-8(6-9)7-10-12(14(20)21)17-11-4-5-16-18(11)13(10)19/h1-6,16H,7H2,(H,20,21). The molecule has 3 rings (SSSR count). The Balaban J connectivity index is 2.20. The number of hydrogen-bond acceptors (Lipinski definition) is 3. The van der Waals surface area contributed by atoms with Gasteiger partial charge in [-0.3, -0.25) is 9.89 Å². The molecule has 106 valence electrons. The first-order valence-electron chi connectivity index (χ1n) is 6.13. The number of fused-ring (bicyclic) bond motifs is 1. The third-order valence-corrected chi connectivity index (χ3v) is 3.11. The second kappa shape index (κ2) is 4.86. The zero-order chi connectivity index (χ0) is 15.0. The normalized spacial score (nSPS) is 10.9. The van der Waals surface area contributed by atoms with Gasteiger partial charge in [0.2, 0.25) is 0 Å². The van der Waals surface area contributed by atoms with E-state index < -0.39 is 17.3 Å². The van der Waals surface area contributed by atoms with Crippen molar-refractivity contribution in [2.24, 2.45) is 0 Å². The minimum atomic E-state index is -1.29. The number of halogens is 1. The van der Waals surface area contributed by atoms with Crippen LogP contribution in [0, 0.1) is 5.82 Å². The molecular formula is C14H10FN3O3. The molecule has 0 fully saturated rings. The number of hydrogen-bond donors (Lipinski definition) is 2. The number of rotatable bonds is 3. The fraction of sp³-hybridized carbons (Fsp3) is 0.0714. The minimum Gasteiger partial charge on any atom is -0.476 e. The van der Waals surface area contributed by atoms with Crippen LogP contribution < -0.4 is 5.56 Å². The van der Waals surface area contributed by atoms with Gasteiger partial charge < -0.3 is 5.11 Å². The van der Waals surface area contributed by atoms with E-state index in [1.807, 2.05) is 0 Å². The van der Waals surface area contributed by atoms with Crippen molar-refractivity contribution in [1.82, 2.24) is 14.6 Å². The lowest BCUT2D eigenvalue weighted by molar-refractivity contribution is 0.0689. The summed E-state index contributed by atoms with van der Waals surface area (Å²) in [5, 5.41) is 11.9. The zero-order valence-corrected chi connectivity index (χ0v) is 10.7. The van der Waals surface area contributed by atoms with Crippen LogP contribution in [0.1, 0.15) is 21.6 Å². The van der Waals surface area contributed by atoms with E-state index >= 15 is 0 Å². The summed E-state index contributed by atoms with van der Waals surface area (Å²) < 4.78 is 14.4. The second-order valence-corrected chi connectivity index (χ2v) is 4.51. The largest absolute Gasteiger partial charge is 0.476 e. The predicted octanol–water partition coefficient (Wildman–Crippen LogP) is 1.45. The van der Waals surface area contributed by atoms with Gasteiger partial charge in [0.1, 0.15) is 5.82 Å². The van der Waals surface area contributed by atoms with Gasteiger partial charge in [-0.25, -0.2) is 18.7 Å². The van der Waals surface area contributed by atoms with E-state index in [-0.39, 0.29) is 23.3 Å². The summed E-state index contributed by atoms with van der Waals surface area (Å²) in [6.45, 7) is 0. The average Bonchev–Trinajstić information content (AvgIpc) is 2.90. The van der Waals surface area contributed by atoms with Gasteiger partial charge in [-0.2, -0.15) is 0 Å². The van der Waals surface area contributed by atoms with Crippen LogP contribution in [-0.4, -0.2) is 25.7 Å². The van der Waals surface area contributed by atoms with Crippen LogP contribution >= 0.6 is 0 Å². The summed E-state index contributed by atoms with van der Waals surface area (Å²) in [5.74, 6) is -1.74. The van der Waals surface area contributed by atoms with Crippen LogP contribution in [0.3, 0.4) is 0 Å². The maximum absolute atomic E-state index is 13.2. The zero-order valence-electron chi connectivity index (χ0n) is 10.7. The molecule has 0 saturated heterocycles. The first kappa shape index (κ1) is 13.0. The van der Waals surface area contributed by atoms with E-state index in [0.29, 0.717) is 5.56 Å². The monoisotopic (exact) mass is 287 g/mol. The molecule has 2 aromatic heterocycles. The number of aromatic carboxylic acids is 1. The third kappa shape index (κ3) is 2.29. The molecule has 2 N–H and O–H groups in total. The molecule has 3 aromatic rings. The summed E-state index contributed by atoms with van der Waals surface area (Å²) in [7, 11) is 0. The van der Waals surface area contributed by atoms with Gasteiger partial charge >= 0.3 is 5.97 Å². The average molecular weight is 287 g/mol. The fourth-order valence-electron chi connectivity index (χ4n) is 2.18. The molecule has 0 unspecified atom stereocenters. The number of benzene rings is 1. The van der Waals surface area contributed by atoms with E-state index in [9.17, 15) is 19.1 Å². The van der Waals surface area contributed by atoms with Crippen molar-refractivity contribution < 1.29 is 14.3 Å². The molecular weight excluding hydrogens is 277 g/mol. The molecule has 1 aromatic carbocycles. The van der Waals surface area contributed by atoms with Crippen LogP contribution in [0.5, 0.6) is 0 Å². The summed E-state index contributed by atoms with van der Waals surface area (Å²) in [4.78, 5) is 27.6. The first-order valence-corrected chi connectivity index (χ1v) is 6.13. The lowest BCUT2D eigenvalue weighted by Crippen LogP contribution is -2.25. The van der Waals surface area contributed by atoms with Crippen LogP contribution in [0.2, 0.25) is 0 Å². The molecule has 0 amide bonds. The lowest BCUT2D eigenvalue weighted by atomic mass is 10.0. The fourth-order valence-corrected chi connectivity index (χ4v) is 2.18. The van der Waals surface area contributed by atoms with Crippen molar-refractivity contribution in [3.8, 4) is 0 Å². The van der Waals surface area contributed by atoms with Gasteiger partial charge in [0.05, 0.1) is 5.56 Å². The number of nitrogens with one attached hydrogen (secondary N) is 1. The van der Waals surface area contributed by atoms with Gasteiger partial charge in [-0.05, 0) is 17.7 Å². The molecule has 0 spiro atoms. The van der Waals surface area contributed by atoms with Crippen molar-refractivity contribution in [2.45, 2.75) is 6.42 Å². The van der Waals surface area contributed by atoms with E-state index in [2.05, 4.69) is 10.1 Å². The van der Waals surface area contributed by atoms with Gasteiger partial charge in [0.25, 0.3) is 5.56 Å². The highest BCUT2D eigenvalue weighted by molar-refractivity contribution is 5.87. The molecule has 0 atom stereocenters. The van der Waals surface area contributed by atoms with E-state index in [4.69, 9.17) is 0 Å². The SMILES string of the molecule is O=C(O)c1nc2cc[nH]n2c(=O)c1Cc1cccc(F)c1. The predicted molar refractivity (Wildman–Crippen MR) is 72.0 cm³/mol. The Hall–Kier alpha value is -2.96. The van der Waals surface area contributed by atoms with E-state index in [0.717, 1.165) is 4.52 Å². The maximum Gasteiger partial charge on any atom is 0.355 e. The Kier molecular flexibility index (Phi) is 3.02. The Bertz CT molecular complexity index is 898. The van der Waals surface area contributed by atoms with E-state index in [1.54, 1.807) is 6.07 Å². The summed E-state index contributed by atoms with van der Waals surface area (Å²) in [6, 6.07) is 7.16. The van der Waals surface area contributed by atoms with Crippen LogP contribution in [0.4, 0.5) is 4.39 Å². The highest BCUT2D eigenvalue weighted by Gasteiger charge is 2.19. The van der Waals surface area contributed by atoms with Gasteiger partial charge in [-0.1, -0.05) is 12.1 Å².